The summed E-state index contributed by atoms with van der Waals surface area (Å²) in [7, 11) is 0. The van der Waals surface area contributed by atoms with Gasteiger partial charge < -0.3 is 4.98 Å². The predicted octanol–water partition coefficient (Wildman–Crippen LogP) is 4.54. The monoisotopic (exact) mass is 316 g/mol. The minimum absolute atomic E-state index is 0.0343. The lowest BCUT2D eigenvalue weighted by molar-refractivity contribution is 0.865. The fourth-order valence-electron chi connectivity index (χ4n) is 2.72. The van der Waals surface area contributed by atoms with Crippen LogP contribution in [0, 0.1) is 11.7 Å². The highest BCUT2D eigenvalue weighted by Crippen LogP contribution is 2.32. The van der Waals surface area contributed by atoms with Gasteiger partial charge in [-0.1, -0.05) is 32.0 Å². The molecule has 2 aromatic heterocycles. The van der Waals surface area contributed by atoms with Gasteiger partial charge in [0.25, 0.3) is 5.56 Å². The molecule has 1 N–H and O–H groups in total. The number of H-pyrrole nitrogens is 1. The Morgan fingerprint density at radius 2 is 1.90 bits per heavy atom. The van der Waals surface area contributed by atoms with Crippen LogP contribution in [-0.4, -0.2) is 9.55 Å². The Hall–Kier alpha value is -1.72. The number of hydrogen-bond donors (Lipinski definition) is 1. The van der Waals surface area contributed by atoms with Gasteiger partial charge in [0.1, 0.15) is 4.83 Å². The second-order valence-electron chi connectivity index (χ2n) is 5.34. The van der Waals surface area contributed by atoms with E-state index in [9.17, 15) is 4.79 Å². The Balaban J connectivity index is 2.46. The van der Waals surface area contributed by atoms with Crippen LogP contribution < -0.4 is 5.56 Å². The summed E-state index contributed by atoms with van der Waals surface area (Å²) in [5, 5.41) is 0.768. The molecule has 0 fully saturated rings. The van der Waals surface area contributed by atoms with Crippen molar-refractivity contribution in [2.24, 2.45) is 0 Å². The Bertz CT molecular complexity index is 917. The van der Waals surface area contributed by atoms with Crippen LogP contribution in [0.1, 0.15) is 30.2 Å². The Morgan fingerprint density at radius 3 is 2.52 bits per heavy atom. The van der Waals surface area contributed by atoms with Crippen molar-refractivity contribution in [1.29, 1.82) is 0 Å². The zero-order valence-electron chi connectivity index (χ0n) is 12.1. The number of thiophene rings is 1. The quantitative estimate of drug-likeness (QED) is 0.705. The molecule has 0 atom stereocenters. The number of nitrogens with zero attached hydrogens (tertiary/aromatic N) is 1. The van der Waals surface area contributed by atoms with Crippen molar-refractivity contribution in [1.82, 2.24) is 9.55 Å². The van der Waals surface area contributed by atoms with E-state index >= 15 is 0 Å². The topological polar surface area (TPSA) is 37.8 Å². The number of para-hydroxylation sites is 1. The summed E-state index contributed by atoms with van der Waals surface area (Å²) >= 11 is 6.99. The lowest BCUT2D eigenvalue weighted by atomic mass is 10.0. The van der Waals surface area contributed by atoms with Gasteiger partial charge in [0, 0.05) is 4.88 Å². The molecule has 3 rings (SSSR count). The molecule has 3 nitrogen and oxygen atoms in total. The second-order valence-corrected chi connectivity index (χ2v) is 6.95. The highest BCUT2D eigenvalue weighted by molar-refractivity contribution is 7.71. The molecule has 108 valence electrons. The molecule has 0 amide bonds. The maximum atomic E-state index is 13.0. The average Bonchev–Trinajstić information content (AvgIpc) is 2.76. The number of aromatic amines is 1. The lowest BCUT2D eigenvalue weighted by Crippen LogP contribution is -2.20. The molecule has 2 heterocycles. The molecule has 0 bridgehead atoms. The summed E-state index contributed by atoms with van der Waals surface area (Å²) in [6, 6.07) is 9.52. The van der Waals surface area contributed by atoms with Gasteiger partial charge >= 0.3 is 0 Å². The van der Waals surface area contributed by atoms with E-state index in [0.717, 1.165) is 21.5 Å². The third-order valence-electron chi connectivity index (χ3n) is 3.56. The number of aryl methyl sites for hydroxylation is 1. The molecular weight excluding hydrogens is 300 g/mol. The second kappa shape index (κ2) is 5.24. The van der Waals surface area contributed by atoms with Gasteiger partial charge in [-0.25, -0.2) is 0 Å². The van der Waals surface area contributed by atoms with Crippen molar-refractivity contribution in [2.45, 2.75) is 26.7 Å². The highest BCUT2D eigenvalue weighted by Gasteiger charge is 2.18. The van der Waals surface area contributed by atoms with Crippen molar-refractivity contribution < 1.29 is 0 Å². The summed E-state index contributed by atoms with van der Waals surface area (Å²) in [5.41, 5.74) is 1.88. The SMILES string of the molecule is Cc1sc2[nH]c(=S)n(-c3ccccc3)c(=O)c2c1C(C)C. The maximum absolute atomic E-state index is 13.0. The van der Waals surface area contributed by atoms with E-state index in [4.69, 9.17) is 12.2 Å². The normalized spacial score (nSPS) is 11.4. The van der Waals surface area contributed by atoms with Gasteiger partial charge in [0.2, 0.25) is 0 Å². The molecule has 0 spiro atoms. The fourth-order valence-corrected chi connectivity index (χ4v) is 4.28. The van der Waals surface area contributed by atoms with Gasteiger partial charge in [-0.3, -0.25) is 9.36 Å². The summed E-state index contributed by atoms with van der Waals surface area (Å²) in [5.74, 6) is 0.306. The van der Waals surface area contributed by atoms with Crippen molar-refractivity contribution in [3.05, 3.63) is 55.9 Å². The smallest absolute Gasteiger partial charge is 0.267 e. The van der Waals surface area contributed by atoms with E-state index in [1.165, 1.54) is 4.88 Å². The number of hydrogen-bond acceptors (Lipinski definition) is 3. The van der Waals surface area contributed by atoms with Crippen LogP contribution in [0.2, 0.25) is 0 Å². The third kappa shape index (κ3) is 2.26. The van der Waals surface area contributed by atoms with Crippen LogP contribution in [0.3, 0.4) is 0 Å². The van der Waals surface area contributed by atoms with Crippen LogP contribution in [0.4, 0.5) is 0 Å². The molecular formula is C16H16N2OS2. The van der Waals surface area contributed by atoms with Crippen LogP contribution in [0.5, 0.6) is 0 Å². The van der Waals surface area contributed by atoms with Crippen LogP contribution in [0.25, 0.3) is 15.9 Å². The predicted molar refractivity (Wildman–Crippen MR) is 91.4 cm³/mol. The Kier molecular flexibility index (Phi) is 3.55. The van der Waals surface area contributed by atoms with Gasteiger partial charge in [0.05, 0.1) is 11.1 Å². The number of aromatic nitrogens is 2. The molecule has 1 aromatic carbocycles. The first-order valence-electron chi connectivity index (χ1n) is 6.84. The number of benzene rings is 1. The molecule has 0 saturated carbocycles. The average molecular weight is 316 g/mol. The van der Waals surface area contributed by atoms with Crippen LogP contribution >= 0.6 is 23.6 Å². The lowest BCUT2D eigenvalue weighted by Gasteiger charge is -2.08. The zero-order valence-corrected chi connectivity index (χ0v) is 13.8. The van der Waals surface area contributed by atoms with Gasteiger partial charge in [-0.2, -0.15) is 0 Å². The van der Waals surface area contributed by atoms with E-state index in [2.05, 4.69) is 25.8 Å². The van der Waals surface area contributed by atoms with Gasteiger partial charge in [-0.15, -0.1) is 11.3 Å². The third-order valence-corrected chi connectivity index (χ3v) is 4.88. The minimum Gasteiger partial charge on any atom is -0.323 e. The first-order chi connectivity index (χ1) is 10.0. The number of fused-ring (bicyclic) bond motifs is 1. The number of nitrogens with one attached hydrogen (secondary N) is 1. The highest BCUT2D eigenvalue weighted by atomic mass is 32.1. The van der Waals surface area contributed by atoms with Crippen molar-refractivity contribution in [2.75, 3.05) is 0 Å². The maximum Gasteiger partial charge on any atom is 0.267 e. The molecule has 0 radical (unpaired) electrons. The number of rotatable bonds is 2. The van der Waals surface area contributed by atoms with E-state index in [-0.39, 0.29) is 5.56 Å². The summed E-state index contributed by atoms with van der Waals surface area (Å²) in [6.07, 6.45) is 0. The van der Waals surface area contributed by atoms with Crippen molar-refractivity contribution in [3.63, 3.8) is 0 Å². The molecule has 0 unspecified atom stereocenters. The van der Waals surface area contributed by atoms with Crippen LogP contribution in [0.15, 0.2) is 35.1 Å². The molecule has 0 aliphatic heterocycles. The molecule has 21 heavy (non-hydrogen) atoms. The van der Waals surface area contributed by atoms with Gasteiger partial charge in [-0.05, 0) is 42.8 Å². The van der Waals surface area contributed by atoms with E-state index in [0.29, 0.717) is 10.7 Å². The summed E-state index contributed by atoms with van der Waals surface area (Å²) in [4.78, 5) is 18.2. The van der Waals surface area contributed by atoms with Gasteiger partial charge in [0.15, 0.2) is 4.77 Å². The summed E-state index contributed by atoms with van der Waals surface area (Å²) in [6.45, 7) is 6.29. The molecule has 0 saturated heterocycles. The Labute approximate surface area is 131 Å². The Morgan fingerprint density at radius 1 is 1.24 bits per heavy atom. The standard InChI is InChI=1S/C16H16N2OS2/c1-9(2)12-10(3)21-14-13(12)15(19)18(16(20)17-14)11-7-5-4-6-8-11/h4-9H,1-3H3,(H,17,20). The van der Waals surface area contributed by atoms with Crippen molar-refractivity contribution >= 4 is 33.8 Å². The largest absolute Gasteiger partial charge is 0.323 e. The first kappa shape index (κ1) is 14.2. The molecule has 5 heteroatoms. The fraction of sp³-hybridized carbons (Fsp3) is 0.250. The van der Waals surface area contributed by atoms with E-state index in [1.54, 1.807) is 15.9 Å². The van der Waals surface area contributed by atoms with Crippen LogP contribution in [-0.2, 0) is 0 Å². The molecule has 3 aromatic rings. The molecule has 0 aliphatic carbocycles. The summed E-state index contributed by atoms with van der Waals surface area (Å²) < 4.78 is 2.02. The zero-order chi connectivity index (χ0) is 15.1. The minimum atomic E-state index is -0.0343. The molecule has 0 aliphatic rings. The van der Waals surface area contributed by atoms with E-state index < -0.39 is 0 Å². The van der Waals surface area contributed by atoms with Crippen molar-refractivity contribution in [3.8, 4) is 5.69 Å². The van der Waals surface area contributed by atoms with E-state index in [1.807, 2.05) is 30.3 Å². The first-order valence-corrected chi connectivity index (χ1v) is 8.07.